The number of aliphatic carboxylic acids is 1. The lowest BCUT2D eigenvalue weighted by molar-refractivity contribution is -0.136. The molecule has 0 spiro atoms. The van der Waals surface area contributed by atoms with E-state index in [0.717, 1.165) is 16.9 Å². The minimum atomic E-state index is -0.968. The third-order valence-electron chi connectivity index (χ3n) is 2.97. The smallest absolute Gasteiger partial charge is 0.305 e. The Morgan fingerprint density at radius 2 is 1.86 bits per heavy atom. The number of amides is 2. The van der Waals surface area contributed by atoms with E-state index in [9.17, 15) is 14.4 Å². The van der Waals surface area contributed by atoms with Crippen LogP contribution in [0.5, 0.6) is 0 Å². The Kier molecular flexibility index (Phi) is 6.36. The van der Waals surface area contributed by atoms with E-state index in [0.29, 0.717) is 17.0 Å². The van der Waals surface area contributed by atoms with Crippen LogP contribution in [0.2, 0.25) is 0 Å². The molecule has 1 aromatic heterocycles. The zero-order chi connectivity index (χ0) is 16.0. The third-order valence-corrected chi connectivity index (χ3v) is 4.09. The zero-order valence-corrected chi connectivity index (χ0v) is 13.2. The number of carbonyl (C=O) groups is 3. The molecule has 3 N–H and O–H groups in total. The second kappa shape index (κ2) is 7.78. The van der Waals surface area contributed by atoms with Gasteiger partial charge in [0.05, 0.1) is 12.0 Å². The van der Waals surface area contributed by atoms with Crippen molar-refractivity contribution in [2.75, 3.05) is 11.9 Å². The van der Waals surface area contributed by atoms with Crippen molar-refractivity contribution < 1.29 is 19.5 Å². The van der Waals surface area contributed by atoms with Crippen LogP contribution in [0.4, 0.5) is 5.00 Å². The Labute approximate surface area is 127 Å². The number of aryl methyl sites for hydroxylation is 1. The van der Waals surface area contributed by atoms with Crippen molar-refractivity contribution in [2.45, 2.75) is 40.0 Å². The van der Waals surface area contributed by atoms with Gasteiger partial charge in [0.2, 0.25) is 5.91 Å². The van der Waals surface area contributed by atoms with Gasteiger partial charge in [-0.3, -0.25) is 14.4 Å². The number of hydrogen-bond acceptors (Lipinski definition) is 4. The summed E-state index contributed by atoms with van der Waals surface area (Å²) in [6.07, 6.45) is 0.997. The Bertz CT molecular complexity index is 551. The first-order valence-corrected chi connectivity index (χ1v) is 7.58. The van der Waals surface area contributed by atoms with Crippen molar-refractivity contribution in [1.29, 1.82) is 0 Å². The van der Waals surface area contributed by atoms with E-state index in [2.05, 4.69) is 10.6 Å². The zero-order valence-electron chi connectivity index (χ0n) is 12.4. The van der Waals surface area contributed by atoms with E-state index in [1.54, 1.807) is 0 Å². The highest BCUT2D eigenvalue weighted by Crippen LogP contribution is 2.32. The highest BCUT2D eigenvalue weighted by atomic mass is 32.1. The minimum Gasteiger partial charge on any atom is -0.481 e. The minimum absolute atomic E-state index is 0.0604. The molecule has 1 aromatic rings. The van der Waals surface area contributed by atoms with Crippen molar-refractivity contribution in [1.82, 2.24) is 5.32 Å². The average Bonchev–Trinajstić information content (AvgIpc) is 2.64. The summed E-state index contributed by atoms with van der Waals surface area (Å²) in [5, 5.41) is 14.4. The van der Waals surface area contributed by atoms with Crippen LogP contribution in [0.15, 0.2) is 0 Å². The molecule has 0 bridgehead atoms. The molecule has 0 aliphatic carbocycles. The Balaban J connectivity index is 2.86. The molecular formula is C14H20N2O4S. The van der Waals surface area contributed by atoms with E-state index in [1.165, 1.54) is 11.3 Å². The van der Waals surface area contributed by atoms with Crippen LogP contribution in [-0.4, -0.2) is 29.4 Å². The standard InChI is InChI=1S/C14H20N2O4S/c1-4-5-10(17)16-14-12(8(2)9(3)21-14)13(20)15-7-6-11(18)19/h4-7H2,1-3H3,(H,15,20)(H,16,17)(H,18,19). The maximum absolute atomic E-state index is 12.2. The lowest BCUT2D eigenvalue weighted by atomic mass is 10.1. The van der Waals surface area contributed by atoms with Crippen molar-refractivity contribution in [3.05, 3.63) is 16.0 Å². The van der Waals surface area contributed by atoms with Gasteiger partial charge in [-0.15, -0.1) is 11.3 Å². The molecule has 2 amide bonds. The predicted molar refractivity (Wildman–Crippen MR) is 81.9 cm³/mol. The summed E-state index contributed by atoms with van der Waals surface area (Å²) in [6, 6.07) is 0. The monoisotopic (exact) mass is 312 g/mol. The van der Waals surface area contributed by atoms with Gasteiger partial charge in [-0.2, -0.15) is 0 Å². The molecule has 6 nitrogen and oxygen atoms in total. The largest absolute Gasteiger partial charge is 0.481 e. The average molecular weight is 312 g/mol. The summed E-state index contributed by atoms with van der Waals surface area (Å²) in [5.74, 6) is -1.45. The molecule has 0 saturated heterocycles. The lowest BCUT2D eigenvalue weighted by Crippen LogP contribution is -2.27. The third kappa shape index (κ3) is 4.86. The predicted octanol–water partition coefficient (Wildman–Crippen LogP) is 2.31. The fourth-order valence-corrected chi connectivity index (χ4v) is 2.85. The van der Waals surface area contributed by atoms with E-state index < -0.39 is 5.97 Å². The number of anilines is 1. The molecule has 0 unspecified atom stereocenters. The fourth-order valence-electron chi connectivity index (χ4n) is 1.78. The molecule has 7 heteroatoms. The van der Waals surface area contributed by atoms with Crippen LogP contribution in [0.1, 0.15) is 47.0 Å². The summed E-state index contributed by atoms with van der Waals surface area (Å²) in [5.41, 5.74) is 1.23. The summed E-state index contributed by atoms with van der Waals surface area (Å²) >= 11 is 1.35. The molecule has 0 aliphatic rings. The van der Waals surface area contributed by atoms with Crippen molar-refractivity contribution in [2.24, 2.45) is 0 Å². The van der Waals surface area contributed by atoms with Gasteiger partial charge < -0.3 is 15.7 Å². The SMILES string of the molecule is CCCC(=O)Nc1sc(C)c(C)c1C(=O)NCCC(=O)O. The number of thiophene rings is 1. The molecular weight excluding hydrogens is 292 g/mol. The quantitative estimate of drug-likeness (QED) is 0.720. The Morgan fingerprint density at radius 1 is 1.19 bits per heavy atom. The van der Waals surface area contributed by atoms with Gasteiger partial charge in [-0.25, -0.2) is 0 Å². The van der Waals surface area contributed by atoms with Crippen molar-refractivity contribution >= 4 is 34.1 Å². The van der Waals surface area contributed by atoms with Gasteiger partial charge in [0.25, 0.3) is 5.91 Å². The summed E-state index contributed by atoms with van der Waals surface area (Å²) < 4.78 is 0. The molecule has 0 atom stereocenters. The number of nitrogens with one attached hydrogen (secondary N) is 2. The van der Waals surface area contributed by atoms with Gasteiger partial charge in [0, 0.05) is 17.8 Å². The molecule has 116 valence electrons. The molecule has 0 radical (unpaired) electrons. The van der Waals surface area contributed by atoms with Crippen molar-refractivity contribution in [3.8, 4) is 0 Å². The highest BCUT2D eigenvalue weighted by Gasteiger charge is 2.20. The maximum atomic E-state index is 12.2. The number of rotatable bonds is 7. The van der Waals surface area contributed by atoms with Crippen LogP contribution < -0.4 is 10.6 Å². The van der Waals surface area contributed by atoms with Gasteiger partial charge in [0.1, 0.15) is 5.00 Å². The van der Waals surface area contributed by atoms with Crippen LogP contribution in [0.25, 0.3) is 0 Å². The molecule has 21 heavy (non-hydrogen) atoms. The van der Waals surface area contributed by atoms with Gasteiger partial charge >= 0.3 is 5.97 Å². The molecule has 1 rings (SSSR count). The van der Waals surface area contributed by atoms with Crippen molar-refractivity contribution in [3.63, 3.8) is 0 Å². The molecule has 0 aromatic carbocycles. The first-order valence-electron chi connectivity index (χ1n) is 6.76. The number of carbonyl (C=O) groups excluding carboxylic acids is 2. The topological polar surface area (TPSA) is 95.5 Å². The molecule has 0 saturated carbocycles. The maximum Gasteiger partial charge on any atom is 0.305 e. The van der Waals surface area contributed by atoms with Crippen LogP contribution in [0.3, 0.4) is 0 Å². The number of carboxylic acid groups (broad SMARTS) is 1. The molecule has 0 fully saturated rings. The van der Waals surface area contributed by atoms with Crippen LogP contribution in [-0.2, 0) is 9.59 Å². The summed E-state index contributed by atoms with van der Waals surface area (Å²) in [4.78, 5) is 35.3. The first-order chi connectivity index (χ1) is 9.86. The lowest BCUT2D eigenvalue weighted by Gasteiger charge is -2.07. The van der Waals surface area contributed by atoms with Gasteiger partial charge in [-0.05, 0) is 25.8 Å². The van der Waals surface area contributed by atoms with E-state index in [1.807, 2.05) is 20.8 Å². The Hall–Kier alpha value is -1.89. The number of hydrogen-bond donors (Lipinski definition) is 3. The second-order valence-corrected chi connectivity index (χ2v) is 5.91. The molecule has 1 heterocycles. The van der Waals surface area contributed by atoms with Crippen LogP contribution >= 0.6 is 11.3 Å². The van der Waals surface area contributed by atoms with Gasteiger partial charge in [0.15, 0.2) is 0 Å². The molecule has 0 aliphatic heterocycles. The fraction of sp³-hybridized carbons (Fsp3) is 0.500. The second-order valence-electron chi connectivity index (χ2n) is 4.69. The first kappa shape index (κ1) is 17.2. The van der Waals surface area contributed by atoms with E-state index in [-0.39, 0.29) is 24.8 Å². The van der Waals surface area contributed by atoms with Crippen LogP contribution in [0, 0.1) is 13.8 Å². The summed E-state index contributed by atoms with van der Waals surface area (Å²) in [6.45, 7) is 5.66. The van der Waals surface area contributed by atoms with Gasteiger partial charge in [-0.1, -0.05) is 6.92 Å². The normalized spacial score (nSPS) is 10.2. The van der Waals surface area contributed by atoms with E-state index in [4.69, 9.17) is 5.11 Å². The summed E-state index contributed by atoms with van der Waals surface area (Å²) in [7, 11) is 0. The van der Waals surface area contributed by atoms with E-state index >= 15 is 0 Å². The highest BCUT2D eigenvalue weighted by molar-refractivity contribution is 7.16. The number of carboxylic acids is 1. The Morgan fingerprint density at radius 3 is 2.43 bits per heavy atom.